The van der Waals surface area contributed by atoms with Gasteiger partial charge in [-0.2, -0.15) is 0 Å². The standard InChI is InChI=1S/C86H168O17P2/c1-6-9-12-15-18-21-24-27-28-29-30-31-32-33-38-42-47-52-57-62-67-72-86(91)103-82(76-97-84(89)70-65-60-55-50-45-41-37-35-34-36-40-43-48-53-58-63-68-79(4)5)78-101-105(94,95)99-74-80(87)73-98-104(92,93)100-77-81(75-96-83(88)69-64-59-54-49-44-26-23-20-17-14-11-8-3)102-85(90)71-66-61-56-51-46-39-25-22-19-16-13-10-7-2/h79-82,87H,6-78H2,1-5H3,(H,92,93)(H,94,95)/t80-,81+,82+/m0/s1. The molecule has 0 aliphatic rings. The number of hydrogen-bond acceptors (Lipinski definition) is 15. The molecule has 19 heteroatoms. The molecule has 0 aromatic heterocycles. The van der Waals surface area contributed by atoms with E-state index in [2.05, 4.69) is 34.6 Å². The number of phosphoric ester groups is 2. The summed E-state index contributed by atoms with van der Waals surface area (Å²) in [7, 11) is -9.93. The van der Waals surface area contributed by atoms with Gasteiger partial charge in [0.05, 0.1) is 26.4 Å². The van der Waals surface area contributed by atoms with Gasteiger partial charge in [0, 0.05) is 25.7 Å². The minimum atomic E-state index is -4.97. The van der Waals surface area contributed by atoms with Gasteiger partial charge in [0.15, 0.2) is 12.2 Å². The molecule has 0 aliphatic heterocycles. The second kappa shape index (κ2) is 78.7. The zero-order valence-corrected chi connectivity index (χ0v) is 70.7. The molecule has 0 rings (SSSR count). The Kier molecular flexibility index (Phi) is 77.3. The highest BCUT2D eigenvalue weighted by Gasteiger charge is 2.30. The van der Waals surface area contributed by atoms with E-state index in [1.54, 1.807) is 0 Å². The molecule has 0 bridgehead atoms. The zero-order chi connectivity index (χ0) is 76.9. The molecular formula is C86H168O17P2. The minimum absolute atomic E-state index is 0.109. The molecule has 0 aromatic carbocycles. The minimum Gasteiger partial charge on any atom is -0.462 e. The average Bonchev–Trinajstić information content (AvgIpc) is 0.908. The molecule has 0 spiro atoms. The summed E-state index contributed by atoms with van der Waals surface area (Å²) in [5.41, 5.74) is 0. The molecule has 0 saturated heterocycles. The average molecular weight is 1540 g/mol. The van der Waals surface area contributed by atoms with Gasteiger partial charge < -0.3 is 33.8 Å². The van der Waals surface area contributed by atoms with Gasteiger partial charge in [0.2, 0.25) is 0 Å². The first-order chi connectivity index (χ1) is 51.0. The van der Waals surface area contributed by atoms with Crippen LogP contribution < -0.4 is 0 Å². The van der Waals surface area contributed by atoms with Crippen LogP contribution in [0.2, 0.25) is 0 Å². The van der Waals surface area contributed by atoms with Crippen molar-refractivity contribution in [2.24, 2.45) is 5.92 Å². The number of esters is 4. The zero-order valence-electron chi connectivity index (χ0n) is 68.9. The second-order valence-electron chi connectivity index (χ2n) is 31.4. The number of rotatable bonds is 86. The monoisotopic (exact) mass is 1540 g/mol. The summed E-state index contributed by atoms with van der Waals surface area (Å²) < 4.78 is 68.9. The summed E-state index contributed by atoms with van der Waals surface area (Å²) in [6, 6.07) is 0. The summed E-state index contributed by atoms with van der Waals surface area (Å²) in [5, 5.41) is 10.7. The summed E-state index contributed by atoms with van der Waals surface area (Å²) in [4.78, 5) is 73.2. The highest BCUT2D eigenvalue weighted by atomic mass is 31.2. The van der Waals surface area contributed by atoms with Crippen LogP contribution in [0.1, 0.15) is 465 Å². The van der Waals surface area contributed by atoms with Gasteiger partial charge in [0.25, 0.3) is 0 Å². The molecule has 3 N–H and O–H groups in total. The Morgan fingerprint density at radius 1 is 0.257 bits per heavy atom. The van der Waals surface area contributed by atoms with Gasteiger partial charge in [-0.1, -0.05) is 413 Å². The maximum atomic E-state index is 13.1. The summed E-state index contributed by atoms with van der Waals surface area (Å²) in [6.45, 7) is 7.40. The lowest BCUT2D eigenvalue weighted by molar-refractivity contribution is -0.161. The van der Waals surface area contributed by atoms with Crippen LogP contribution in [0.25, 0.3) is 0 Å². The third-order valence-electron chi connectivity index (χ3n) is 20.3. The third-order valence-corrected chi connectivity index (χ3v) is 22.2. The molecule has 17 nitrogen and oxygen atoms in total. The summed E-state index contributed by atoms with van der Waals surface area (Å²) in [6.07, 6.45) is 72.1. The van der Waals surface area contributed by atoms with Gasteiger partial charge in [0.1, 0.15) is 19.3 Å². The highest BCUT2D eigenvalue weighted by molar-refractivity contribution is 7.47. The normalized spacial score (nSPS) is 13.8. The molecule has 0 fully saturated rings. The first kappa shape index (κ1) is 103. The fourth-order valence-corrected chi connectivity index (χ4v) is 15.1. The molecule has 0 aliphatic carbocycles. The van der Waals surface area contributed by atoms with Crippen molar-refractivity contribution in [3.63, 3.8) is 0 Å². The van der Waals surface area contributed by atoms with E-state index in [1.807, 2.05) is 0 Å². The van der Waals surface area contributed by atoms with E-state index in [1.165, 1.54) is 289 Å². The maximum Gasteiger partial charge on any atom is 0.472 e. The first-order valence-electron chi connectivity index (χ1n) is 44.6. The Labute approximate surface area is 645 Å². The van der Waals surface area contributed by atoms with Gasteiger partial charge in [-0.05, 0) is 31.6 Å². The Bertz CT molecular complexity index is 2000. The van der Waals surface area contributed by atoms with E-state index in [0.717, 1.165) is 95.8 Å². The summed E-state index contributed by atoms with van der Waals surface area (Å²) >= 11 is 0. The molecule has 624 valence electrons. The molecule has 0 aromatic rings. The van der Waals surface area contributed by atoms with Gasteiger partial charge in [-0.25, -0.2) is 9.13 Å². The van der Waals surface area contributed by atoms with Crippen LogP contribution in [0.5, 0.6) is 0 Å². The lowest BCUT2D eigenvalue weighted by Crippen LogP contribution is -2.30. The Morgan fingerprint density at radius 2 is 0.438 bits per heavy atom. The maximum absolute atomic E-state index is 13.1. The van der Waals surface area contributed by atoms with Crippen molar-refractivity contribution in [1.82, 2.24) is 0 Å². The number of hydrogen-bond donors (Lipinski definition) is 3. The van der Waals surface area contributed by atoms with Crippen molar-refractivity contribution in [3.8, 4) is 0 Å². The number of ether oxygens (including phenoxy) is 4. The molecule has 0 saturated carbocycles. The van der Waals surface area contributed by atoms with Crippen LogP contribution in [0, 0.1) is 5.92 Å². The molecule has 0 amide bonds. The van der Waals surface area contributed by atoms with Crippen molar-refractivity contribution >= 4 is 39.5 Å². The number of carbonyl (C=O) groups is 4. The first-order valence-corrected chi connectivity index (χ1v) is 47.6. The lowest BCUT2D eigenvalue weighted by atomic mass is 10.0. The van der Waals surface area contributed by atoms with E-state index in [-0.39, 0.29) is 25.7 Å². The number of unbranched alkanes of at least 4 members (excludes halogenated alkanes) is 58. The summed E-state index contributed by atoms with van der Waals surface area (Å²) in [5.74, 6) is -1.29. The molecule has 2 unspecified atom stereocenters. The predicted octanol–water partition coefficient (Wildman–Crippen LogP) is 26.4. The molecule has 105 heavy (non-hydrogen) atoms. The largest absolute Gasteiger partial charge is 0.472 e. The lowest BCUT2D eigenvalue weighted by Gasteiger charge is -2.21. The second-order valence-corrected chi connectivity index (χ2v) is 34.3. The van der Waals surface area contributed by atoms with E-state index < -0.39 is 97.5 Å². The molecule has 0 radical (unpaired) electrons. The number of aliphatic hydroxyl groups excluding tert-OH is 1. The van der Waals surface area contributed by atoms with Crippen molar-refractivity contribution in [3.05, 3.63) is 0 Å². The van der Waals surface area contributed by atoms with E-state index in [9.17, 15) is 43.2 Å². The van der Waals surface area contributed by atoms with Gasteiger partial charge in [-0.3, -0.25) is 37.3 Å². The number of phosphoric acid groups is 2. The van der Waals surface area contributed by atoms with E-state index in [0.29, 0.717) is 25.7 Å². The van der Waals surface area contributed by atoms with Crippen LogP contribution in [-0.4, -0.2) is 96.7 Å². The van der Waals surface area contributed by atoms with Crippen LogP contribution >= 0.6 is 15.6 Å². The fraction of sp³-hybridized carbons (Fsp3) is 0.953. The van der Waals surface area contributed by atoms with Gasteiger partial charge in [-0.15, -0.1) is 0 Å². The van der Waals surface area contributed by atoms with E-state index >= 15 is 0 Å². The van der Waals surface area contributed by atoms with Crippen molar-refractivity contribution in [2.45, 2.75) is 483 Å². The van der Waals surface area contributed by atoms with Gasteiger partial charge >= 0.3 is 39.5 Å². The van der Waals surface area contributed by atoms with Crippen LogP contribution in [-0.2, 0) is 65.4 Å². The predicted molar refractivity (Wildman–Crippen MR) is 432 cm³/mol. The van der Waals surface area contributed by atoms with Crippen LogP contribution in [0.15, 0.2) is 0 Å². The number of aliphatic hydroxyl groups is 1. The third kappa shape index (κ3) is 79.9. The number of carbonyl (C=O) groups excluding carboxylic acids is 4. The SMILES string of the molecule is CCCCCCCCCCCCCCCCCCCCCCCC(=O)O[C@H](COC(=O)CCCCCCCCCCCCCCCCCCC(C)C)COP(=O)(O)OC[C@@H](O)COP(=O)(O)OC[C@@H](COC(=O)CCCCCCCCCCCCCC)OC(=O)CCCCCCCCCCCCCCC. The van der Waals surface area contributed by atoms with E-state index in [4.69, 9.17) is 37.0 Å². The molecular weight excluding hydrogens is 1370 g/mol. The Balaban J connectivity index is 5.23. The van der Waals surface area contributed by atoms with Crippen molar-refractivity contribution < 1.29 is 80.2 Å². The quantitative estimate of drug-likeness (QED) is 0.0222. The smallest absolute Gasteiger partial charge is 0.462 e. The van der Waals surface area contributed by atoms with Crippen molar-refractivity contribution in [1.29, 1.82) is 0 Å². The molecule has 5 atom stereocenters. The van der Waals surface area contributed by atoms with Crippen LogP contribution in [0.3, 0.4) is 0 Å². The van der Waals surface area contributed by atoms with Crippen LogP contribution in [0.4, 0.5) is 0 Å². The van der Waals surface area contributed by atoms with Crippen molar-refractivity contribution in [2.75, 3.05) is 39.6 Å². The highest BCUT2D eigenvalue weighted by Crippen LogP contribution is 2.45. The molecule has 0 heterocycles. The topological polar surface area (TPSA) is 237 Å². The Hall–Kier alpha value is -1.94. The fourth-order valence-electron chi connectivity index (χ4n) is 13.5. The Morgan fingerprint density at radius 3 is 0.648 bits per heavy atom.